The lowest BCUT2D eigenvalue weighted by atomic mass is 10.1. The van der Waals surface area contributed by atoms with E-state index in [-0.39, 0.29) is 17.3 Å². The molecule has 1 amide bonds. The Morgan fingerprint density at radius 2 is 1.91 bits per heavy atom. The number of benzene rings is 2. The Bertz CT molecular complexity index is 1360. The number of aryl methyl sites for hydroxylation is 2. The molecule has 166 valence electrons. The normalized spacial score (nSPS) is 10.9. The Kier molecular flexibility index (Phi) is 6.09. The fourth-order valence-electron chi connectivity index (χ4n) is 3.52. The number of hydrogen-bond acceptors (Lipinski definition) is 5. The van der Waals surface area contributed by atoms with Crippen molar-refractivity contribution in [3.8, 4) is 17.6 Å². The van der Waals surface area contributed by atoms with Gasteiger partial charge in [0.25, 0.3) is 5.91 Å². The number of anilines is 1. The molecule has 0 aliphatic heterocycles. The number of para-hydroxylation sites is 1. The number of hydrogen-bond donors (Lipinski definition) is 1. The van der Waals surface area contributed by atoms with Crippen LogP contribution in [0, 0.1) is 31.1 Å². The van der Waals surface area contributed by atoms with Crippen LogP contribution in [0.3, 0.4) is 0 Å². The summed E-state index contributed by atoms with van der Waals surface area (Å²) in [4.78, 5) is 17.7. The highest BCUT2D eigenvalue weighted by atomic mass is 16.5. The molecule has 2 aromatic carbocycles. The molecule has 4 aromatic rings. The highest BCUT2D eigenvalue weighted by molar-refractivity contribution is 6.04. The van der Waals surface area contributed by atoms with E-state index in [9.17, 15) is 10.1 Å². The van der Waals surface area contributed by atoms with Gasteiger partial charge in [-0.25, -0.2) is 4.98 Å². The molecule has 0 radical (unpaired) electrons. The smallest absolute Gasteiger partial charge is 0.256 e. The number of nitrogens with zero attached hydrogens (tertiary/aromatic N) is 4. The lowest BCUT2D eigenvalue weighted by molar-refractivity contribution is 0.102. The van der Waals surface area contributed by atoms with Crippen molar-refractivity contribution in [2.75, 3.05) is 11.9 Å². The summed E-state index contributed by atoms with van der Waals surface area (Å²) in [5, 5.41) is 17.8. The third-order valence-electron chi connectivity index (χ3n) is 5.27. The highest BCUT2D eigenvalue weighted by Gasteiger charge is 2.18. The third-order valence-corrected chi connectivity index (χ3v) is 5.27. The molecule has 0 fully saturated rings. The van der Waals surface area contributed by atoms with E-state index in [1.54, 1.807) is 24.3 Å². The van der Waals surface area contributed by atoms with Crippen LogP contribution in [-0.2, 0) is 0 Å². The number of amides is 1. The van der Waals surface area contributed by atoms with Crippen LogP contribution >= 0.6 is 0 Å². The maximum atomic E-state index is 13.0. The van der Waals surface area contributed by atoms with Gasteiger partial charge in [-0.3, -0.25) is 4.79 Å². The molecule has 1 N–H and O–H groups in total. The van der Waals surface area contributed by atoms with Crippen molar-refractivity contribution in [1.82, 2.24) is 14.8 Å². The average molecular weight is 440 g/mol. The van der Waals surface area contributed by atoms with Crippen LogP contribution in [0.5, 0.6) is 5.75 Å². The standard InChI is InChI=1S/C26H25N5O2/c1-16(2)15-33-21-10-8-19(9-11-21)26(32)30-25-20(13-27)14-28-31(25)23-12-18(4)22-7-5-6-17(3)24(22)29-23/h5-12,14,16H,15H2,1-4H3,(H,30,32). The number of carbonyl (C=O) groups excluding carboxylic acids is 1. The number of fused-ring (bicyclic) bond motifs is 1. The van der Waals surface area contributed by atoms with Crippen LogP contribution in [-0.4, -0.2) is 27.3 Å². The number of nitrogens with one attached hydrogen (secondary N) is 1. The maximum absolute atomic E-state index is 13.0. The van der Waals surface area contributed by atoms with E-state index in [2.05, 4.69) is 30.3 Å². The van der Waals surface area contributed by atoms with Crippen molar-refractivity contribution in [3.05, 3.63) is 77.0 Å². The van der Waals surface area contributed by atoms with Gasteiger partial charge in [-0.05, 0) is 61.2 Å². The van der Waals surface area contributed by atoms with Gasteiger partial charge in [-0.1, -0.05) is 32.0 Å². The first-order chi connectivity index (χ1) is 15.9. The molecule has 0 atom stereocenters. The van der Waals surface area contributed by atoms with Gasteiger partial charge in [0, 0.05) is 10.9 Å². The summed E-state index contributed by atoms with van der Waals surface area (Å²) in [6.07, 6.45) is 1.43. The Morgan fingerprint density at radius 3 is 2.61 bits per heavy atom. The number of carbonyl (C=O) groups is 1. The number of aromatic nitrogens is 3. The Balaban J connectivity index is 1.66. The van der Waals surface area contributed by atoms with E-state index >= 15 is 0 Å². The largest absolute Gasteiger partial charge is 0.493 e. The summed E-state index contributed by atoms with van der Waals surface area (Å²) in [5.74, 6) is 1.58. The minimum atomic E-state index is -0.350. The molecule has 0 bridgehead atoms. The second-order valence-electron chi connectivity index (χ2n) is 8.38. The van der Waals surface area contributed by atoms with Crippen molar-refractivity contribution >= 4 is 22.6 Å². The molecular formula is C26H25N5O2. The van der Waals surface area contributed by atoms with E-state index in [1.165, 1.54) is 10.9 Å². The van der Waals surface area contributed by atoms with Gasteiger partial charge in [0.1, 0.15) is 17.4 Å². The molecule has 0 saturated heterocycles. The first kappa shape index (κ1) is 22.0. The van der Waals surface area contributed by atoms with E-state index in [0.29, 0.717) is 29.7 Å². The van der Waals surface area contributed by atoms with Crippen molar-refractivity contribution in [2.24, 2.45) is 5.92 Å². The zero-order valence-electron chi connectivity index (χ0n) is 19.1. The molecule has 0 aliphatic rings. The molecule has 7 nitrogen and oxygen atoms in total. The first-order valence-electron chi connectivity index (χ1n) is 10.8. The SMILES string of the molecule is Cc1cc(-n2ncc(C#N)c2NC(=O)c2ccc(OCC(C)C)cc2)nc2c(C)cccc12. The van der Waals surface area contributed by atoms with Crippen molar-refractivity contribution in [2.45, 2.75) is 27.7 Å². The topological polar surface area (TPSA) is 92.8 Å². The van der Waals surface area contributed by atoms with Gasteiger partial charge in [-0.15, -0.1) is 0 Å². The molecule has 33 heavy (non-hydrogen) atoms. The first-order valence-corrected chi connectivity index (χ1v) is 10.8. The predicted octanol–water partition coefficient (Wildman–Crippen LogP) is 5.20. The minimum absolute atomic E-state index is 0.254. The zero-order valence-corrected chi connectivity index (χ0v) is 19.1. The summed E-state index contributed by atoms with van der Waals surface area (Å²) in [5.41, 5.74) is 3.62. The molecule has 2 aromatic heterocycles. The van der Waals surface area contributed by atoms with E-state index in [0.717, 1.165) is 22.0 Å². The molecule has 2 heterocycles. The van der Waals surface area contributed by atoms with Gasteiger partial charge in [0.05, 0.1) is 18.3 Å². The summed E-state index contributed by atoms with van der Waals surface area (Å²) in [7, 11) is 0. The van der Waals surface area contributed by atoms with Crippen LogP contribution in [0.4, 0.5) is 5.82 Å². The molecule has 0 saturated carbocycles. The van der Waals surface area contributed by atoms with Crippen LogP contribution in [0.1, 0.15) is 40.9 Å². The Labute approximate surface area is 192 Å². The number of ether oxygens (including phenoxy) is 1. The van der Waals surface area contributed by atoms with Crippen molar-refractivity contribution < 1.29 is 9.53 Å². The third kappa shape index (κ3) is 4.55. The lowest BCUT2D eigenvalue weighted by Crippen LogP contribution is -2.16. The van der Waals surface area contributed by atoms with Gasteiger partial charge < -0.3 is 10.1 Å². The number of pyridine rings is 1. The number of nitriles is 1. The van der Waals surface area contributed by atoms with Gasteiger partial charge in [0.2, 0.25) is 0 Å². The Morgan fingerprint density at radius 1 is 1.15 bits per heavy atom. The monoisotopic (exact) mass is 439 g/mol. The van der Waals surface area contributed by atoms with Crippen molar-refractivity contribution in [3.63, 3.8) is 0 Å². The predicted molar refractivity (Wildman–Crippen MR) is 128 cm³/mol. The highest BCUT2D eigenvalue weighted by Crippen LogP contribution is 2.26. The van der Waals surface area contributed by atoms with Gasteiger partial charge in [-0.2, -0.15) is 15.0 Å². The summed E-state index contributed by atoms with van der Waals surface area (Å²) < 4.78 is 7.18. The van der Waals surface area contributed by atoms with Crippen LogP contribution in [0.15, 0.2) is 54.7 Å². The van der Waals surface area contributed by atoms with Gasteiger partial charge in [0.15, 0.2) is 11.6 Å². The fourth-order valence-corrected chi connectivity index (χ4v) is 3.52. The lowest BCUT2D eigenvalue weighted by Gasteiger charge is -2.12. The molecule has 4 rings (SSSR count). The number of rotatable bonds is 6. The average Bonchev–Trinajstić information content (AvgIpc) is 3.21. The quantitative estimate of drug-likeness (QED) is 0.446. The van der Waals surface area contributed by atoms with E-state index in [4.69, 9.17) is 9.72 Å². The minimum Gasteiger partial charge on any atom is -0.493 e. The van der Waals surface area contributed by atoms with Crippen molar-refractivity contribution in [1.29, 1.82) is 5.26 Å². The molecule has 0 unspecified atom stereocenters. The molecule has 0 aliphatic carbocycles. The molecular weight excluding hydrogens is 414 g/mol. The Hall–Kier alpha value is -4.18. The van der Waals surface area contributed by atoms with Crippen LogP contribution < -0.4 is 10.1 Å². The summed E-state index contributed by atoms with van der Waals surface area (Å²) in [6, 6.07) is 16.9. The summed E-state index contributed by atoms with van der Waals surface area (Å²) >= 11 is 0. The van der Waals surface area contributed by atoms with Gasteiger partial charge >= 0.3 is 0 Å². The molecule has 7 heteroatoms. The second kappa shape index (κ2) is 9.13. The molecule has 0 spiro atoms. The summed E-state index contributed by atoms with van der Waals surface area (Å²) in [6.45, 7) is 8.76. The van der Waals surface area contributed by atoms with E-state index < -0.39 is 0 Å². The maximum Gasteiger partial charge on any atom is 0.256 e. The zero-order chi connectivity index (χ0) is 23.5. The van der Waals surface area contributed by atoms with Crippen LogP contribution in [0.25, 0.3) is 16.7 Å². The van der Waals surface area contributed by atoms with Crippen LogP contribution in [0.2, 0.25) is 0 Å². The fraction of sp³-hybridized carbons (Fsp3) is 0.231. The van der Waals surface area contributed by atoms with E-state index in [1.807, 2.05) is 38.1 Å². The second-order valence-corrected chi connectivity index (χ2v) is 8.38.